The van der Waals surface area contributed by atoms with Crippen molar-refractivity contribution in [3.05, 3.63) is 150 Å². The van der Waals surface area contributed by atoms with Gasteiger partial charge in [-0.05, 0) is 83.8 Å². The third-order valence-corrected chi connectivity index (χ3v) is 13.1. The number of rotatable bonds is 6. The lowest BCUT2D eigenvalue weighted by molar-refractivity contribution is 0.000279. The van der Waals surface area contributed by atoms with E-state index in [9.17, 15) is 0 Å². The summed E-state index contributed by atoms with van der Waals surface area (Å²) in [5.41, 5.74) is 10.5. The molecule has 2 saturated heterocycles. The number of benzene rings is 5. The molecule has 6 aromatic rings. The standard InChI is InChI=1S/C28H28N2O.C22H26N2O/c1-4-29-24-11-7-5-9-21(24)22-19-20(13-14-25(22)29)15-16-28-27(2,3)23-10-6-8-12-26(23)30(28)17-18-31-28;1-21(2)19-7-5-6-8-20(19)24-15-16-25-22(21,24)14-13-17-9-11-18(12-10-17)23(3)4/h5-16,19H,4,17-18H2,1-3H3;5-14H,15-16H2,1-4H3/b16-15+;. The van der Waals surface area contributed by atoms with E-state index in [0.717, 1.165) is 32.8 Å². The molecule has 0 saturated carbocycles. The highest BCUT2D eigenvalue weighted by atomic mass is 16.5. The summed E-state index contributed by atoms with van der Waals surface area (Å²) in [5.74, 6) is 0. The van der Waals surface area contributed by atoms with Crippen molar-refractivity contribution in [3.63, 3.8) is 0 Å². The van der Waals surface area contributed by atoms with Crippen LogP contribution >= 0.6 is 0 Å². The molecule has 2 fully saturated rings. The molecule has 2 atom stereocenters. The van der Waals surface area contributed by atoms with Crippen LogP contribution in [0.15, 0.2) is 127 Å². The summed E-state index contributed by atoms with van der Waals surface area (Å²) in [6.45, 7) is 15.7. The fourth-order valence-corrected chi connectivity index (χ4v) is 10.1. The van der Waals surface area contributed by atoms with Crippen molar-refractivity contribution < 1.29 is 9.47 Å². The zero-order valence-electron chi connectivity index (χ0n) is 33.9. The maximum Gasteiger partial charge on any atom is 0.170 e. The van der Waals surface area contributed by atoms with Gasteiger partial charge in [-0.2, -0.15) is 0 Å². The fourth-order valence-electron chi connectivity index (χ4n) is 10.1. The minimum atomic E-state index is -0.441. The van der Waals surface area contributed by atoms with E-state index in [2.05, 4.69) is 208 Å². The lowest BCUT2D eigenvalue weighted by Gasteiger charge is -2.39. The first-order valence-corrected chi connectivity index (χ1v) is 20.2. The molecule has 4 aliphatic rings. The molecule has 0 radical (unpaired) electrons. The molecular weight excluding hydrogens is 689 g/mol. The average Bonchev–Trinajstić information content (AvgIpc) is 4.00. The van der Waals surface area contributed by atoms with E-state index in [4.69, 9.17) is 9.47 Å². The monoisotopic (exact) mass is 742 g/mol. The van der Waals surface area contributed by atoms with E-state index in [1.54, 1.807) is 0 Å². The van der Waals surface area contributed by atoms with Crippen molar-refractivity contribution in [3.8, 4) is 0 Å². The molecule has 56 heavy (non-hydrogen) atoms. The van der Waals surface area contributed by atoms with Crippen molar-refractivity contribution in [2.24, 2.45) is 0 Å². The summed E-state index contributed by atoms with van der Waals surface area (Å²) in [6, 6.07) is 41.6. The Labute approximate surface area is 332 Å². The summed E-state index contributed by atoms with van der Waals surface area (Å²) < 4.78 is 15.3. The number of anilines is 3. The third kappa shape index (κ3) is 5.29. The van der Waals surface area contributed by atoms with Gasteiger partial charge in [0.1, 0.15) is 0 Å². The highest BCUT2D eigenvalue weighted by molar-refractivity contribution is 6.08. The molecule has 6 heteroatoms. The van der Waals surface area contributed by atoms with E-state index >= 15 is 0 Å². The van der Waals surface area contributed by atoms with Crippen LogP contribution in [0.25, 0.3) is 34.0 Å². The van der Waals surface area contributed by atoms with Gasteiger partial charge < -0.3 is 28.7 Å². The first-order chi connectivity index (χ1) is 27.0. The molecule has 0 aliphatic carbocycles. The molecule has 0 amide bonds. The maximum atomic E-state index is 6.50. The van der Waals surface area contributed by atoms with Crippen molar-refractivity contribution in [2.45, 2.75) is 63.4 Å². The number of para-hydroxylation sites is 3. The smallest absolute Gasteiger partial charge is 0.170 e. The van der Waals surface area contributed by atoms with Crippen molar-refractivity contribution >= 4 is 51.0 Å². The molecule has 286 valence electrons. The molecule has 1 aromatic heterocycles. The number of hydrogen-bond donors (Lipinski definition) is 0. The van der Waals surface area contributed by atoms with Crippen LogP contribution in [0.1, 0.15) is 56.9 Å². The maximum absolute atomic E-state index is 6.50. The molecule has 0 spiro atoms. The van der Waals surface area contributed by atoms with Gasteiger partial charge in [0.15, 0.2) is 11.4 Å². The van der Waals surface area contributed by atoms with Crippen molar-refractivity contribution in [1.29, 1.82) is 0 Å². The predicted octanol–water partition coefficient (Wildman–Crippen LogP) is 10.6. The Morgan fingerprint density at radius 1 is 0.589 bits per heavy atom. The van der Waals surface area contributed by atoms with Crippen LogP contribution < -0.4 is 14.7 Å². The molecule has 0 bridgehead atoms. The molecule has 10 rings (SSSR count). The topological polar surface area (TPSA) is 33.1 Å². The fraction of sp³-hybridized carbons (Fsp3) is 0.320. The lowest BCUT2D eigenvalue weighted by atomic mass is 9.77. The van der Waals surface area contributed by atoms with Crippen LogP contribution in [-0.2, 0) is 26.8 Å². The molecule has 0 N–H and O–H groups in total. The molecule has 2 unspecified atom stereocenters. The largest absolute Gasteiger partial charge is 0.378 e. The summed E-state index contributed by atoms with van der Waals surface area (Å²) in [6.07, 6.45) is 9.00. The van der Waals surface area contributed by atoms with Crippen LogP contribution in [-0.4, -0.2) is 56.4 Å². The van der Waals surface area contributed by atoms with Gasteiger partial charge in [0, 0.05) is 83.4 Å². The first-order valence-electron chi connectivity index (χ1n) is 20.2. The Kier molecular flexibility index (Phi) is 8.71. The van der Waals surface area contributed by atoms with E-state index in [0.29, 0.717) is 0 Å². The van der Waals surface area contributed by atoms with Crippen molar-refractivity contribution in [1.82, 2.24) is 4.57 Å². The van der Waals surface area contributed by atoms with Crippen LogP contribution in [0, 0.1) is 0 Å². The average molecular weight is 743 g/mol. The summed E-state index contributed by atoms with van der Waals surface area (Å²) in [4.78, 5) is 6.98. The van der Waals surface area contributed by atoms with E-state index < -0.39 is 11.4 Å². The Bertz CT molecular complexity index is 2490. The van der Waals surface area contributed by atoms with Gasteiger partial charge in [0.2, 0.25) is 0 Å². The number of fused-ring (bicyclic) bond motifs is 9. The molecular formula is C50H54N4O2. The minimum absolute atomic E-state index is 0.0971. The Morgan fingerprint density at radius 2 is 1.09 bits per heavy atom. The van der Waals surface area contributed by atoms with Gasteiger partial charge in [-0.15, -0.1) is 0 Å². The number of nitrogens with zero attached hydrogens (tertiary/aromatic N) is 4. The van der Waals surface area contributed by atoms with Crippen LogP contribution in [0.3, 0.4) is 0 Å². The van der Waals surface area contributed by atoms with Gasteiger partial charge in [-0.1, -0.05) is 113 Å². The van der Waals surface area contributed by atoms with Gasteiger partial charge >= 0.3 is 0 Å². The van der Waals surface area contributed by atoms with E-state index in [1.165, 1.54) is 61.1 Å². The Hall–Kier alpha value is -5.30. The highest BCUT2D eigenvalue weighted by Gasteiger charge is 2.60. The van der Waals surface area contributed by atoms with Crippen molar-refractivity contribution in [2.75, 3.05) is 55.1 Å². The van der Waals surface area contributed by atoms with Gasteiger partial charge in [0.25, 0.3) is 0 Å². The molecule has 5 aromatic carbocycles. The van der Waals surface area contributed by atoms with Gasteiger partial charge in [-0.25, -0.2) is 0 Å². The number of ether oxygens (including phenoxy) is 2. The molecule has 5 heterocycles. The minimum Gasteiger partial charge on any atom is -0.378 e. The normalized spacial score (nSPS) is 22.8. The van der Waals surface area contributed by atoms with E-state index in [-0.39, 0.29) is 10.8 Å². The summed E-state index contributed by atoms with van der Waals surface area (Å²) >= 11 is 0. The SMILES string of the molecule is CCn1c2ccccc2c2cc(/C=C/C34OCCN3c3ccccc3C4(C)C)ccc21.CN(C)c1ccc(C=CC23OCCN2c2ccccc2C3(C)C)cc1. The van der Waals surface area contributed by atoms with Crippen LogP contribution in [0.5, 0.6) is 0 Å². The molecule has 4 aliphatic heterocycles. The van der Waals surface area contributed by atoms with Gasteiger partial charge in [0.05, 0.1) is 13.2 Å². The zero-order chi connectivity index (χ0) is 38.9. The second-order valence-electron chi connectivity index (χ2n) is 16.9. The van der Waals surface area contributed by atoms with E-state index in [1.807, 2.05) is 0 Å². The number of hydrogen-bond acceptors (Lipinski definition) is 5. The highest BCUT2D eigenvalue weighted by Crippen LogP contribution is 2.56. The Balaban J connectivity index is 0.000000150. The molecule has 6 nitrogen and oxygen atoms in total. The Morgan fingerprint density at radius 3 is 1.66 bits per heavy atom. The predicted molar refractivity (Wildman–Crippen MR) is 235 cm³/mol. The second kappa shape index (κ2) is 13.4. The number of aryl methyl sites for hydroxylation is 1. The van der Waals surface area contributed by atoms with Crippen LogP contribution in [0.4, 0.5) is 17.1 Å². The quantitative estimate of drug-likeness (QED) is 0.170. The second-order valence-corrected chi connectivity index (χ2v) is 16.9. The lowest BCUT2D eigenvalue weighted by Crippen LogP contribution is -2.51. The third-order valence-electron chi connectivity index (χ3n) is 13.1. The van der Waals surface area contributed by atoms with Crippen LogP contribution in [0.2, 0.25) is 0 Å². The number of aromatic nitrogens is 1. The summed E-state index contributed by atoms with van der Waals surface area (Å²) in [5, 5.41) is 2.63. The first kappa shape index (κ1) is 36.3. The summed E-state index contributed by atoms with van der Waals surface area (Å²) in [7, 11) is 4.12. The zero-order valence-corrected chi connectivity index (χ0v) is 33.9. The van der Waals surface area contributed by atoms with Gasteiger partial charge in [-0.3, -0.25) is 0 Å².